The zero-order valence-electron chi connectivity index (χ0n) is 59.6. The van der Waals surface area contributed by atoms with Gasteiger partial charge >= 0.3 is 17.9 Å². The first kappa shape index (κ1) is 86.0. The zero-order chi connectivity index (χ0) is 64.7. The molecule has 0 aliphatic carbocycles. The topological polar surface area (TPSA) is 108 Å². The molecule has 0 rings (SSSR count). The largest absolute Gasteiger partial charge is 0.477 e. The third-order valence-corrected chi connectivity index (χ3v) is 17.3. The van der Waals surface area contributed by atoms with Gasteiger partial charge in [0.15, 0.2) is 6.10 Å². The fraction of sp³-hybridized carbons (Fsp3) is 0.838. The van der Waals surface area contributed by atoms with Gasteiger partial charge in [0, 0.05) is 12.8 Å². The summed E-state index contributed by atoms with van der Waals surface area (Å²) in [6.45, 7) is 4.82. The monoisotopic (exact) mass is 1250 g/mol. The Morgan fingerprint density at radius 1 is 0.348 bits per heavy atom. The number of esters is 2. The molecule has 0 aliphatic heterocycles. The minimum atomic E-state index is -1.51. The van der Waals surface area contributed by atoms with E-state index in [9.17, 15) is 19.5 Å². The lowest BCUT2D eigenvalue weighted by Gasteiger charge is -2.25. The van der Waals surface area contributed by atoms with E-state index in [-0.39, 0.29) is 32.2 Å². The van der Waals surface area contributed by atoms with Gasteiger partial charge in [0.2, 0.25) is 0 Å². The molecule has 0 aromatic heterocycles. The Kier molecular flexibility index (Phi) is 68.5. The molecule has 0 fully saturated rings. The maximum Gasteiger partial charge on any atom is 0.361 e. The lowest BCUT2D eigenvalue weighted by molar-refractivity contribution is -0.870. The van der Waals surface area contributed by atoms with Crippen LogP contribution >= 0.6 is 0 Å². The fourth-order valence-electron chi connectivity index (χ4n) is 11.5. The Balaban J connectivity index is 3.99. The van der Waals surface area contributed by atoms with Crippen LogP contribution in [-0.2, 0) is 33.3 Å². The molecule has 520 valence electrons. The van der Waals surface area contributed by atoms with Crippen LogP contribution in [0.1, 0.15) is 373 Å². The molecule has 0 bridgehead atoms. The van der Waals surface area contributed by atoms with Gasteiger partial charge in [-0.05, 0) is 57.8 Å². The Morgan fingerprint density at radius 3 is 0.955 bits per heavy atom. The number of aliphatic carboxylic acids is 1. The van der Waals surface area contributed by atoms with Crippen LogP contribution in [0.25, 0.3) is 0 Å². The number of carboxylic acids is 1. The Hall–Kier alpha value is -3.01. The summed E-state index contributed by atoms with van der Waals surface area (Å²) >= 11 is 0. The molecule has 9 heteroatoms. The average Bonchev–Trinajstić information content (AvgIpc) is 3.64. The van der Waals surface area contributed by atoms with E-state index in [1.54, 1.807) is 0 Å². The number of carboxylic acid groups (broad SMARTS) is 1. The van der Waals surface area contributed by atoms with Gasteiger partial charge in [-0.1, -0.05) is 364 Å². The molecule has 0 spiro atoms. The third-order valence-electron chi connectivity index (χ3n) is 17.3. The predicted octanol–water partition coefficient (Wildman–Crippen LogP) is 24.3. The van der Waals surface area contributed by atoms with Crippen LogP contribution in [0.4, 0.5) is 0 Å². The van der Waals surface area contributed by atoms with Crippen molar-refractivity contribution in [3.8, 4) is 0 Å². The Bertz CT molecular complexity index is 1650. The highest BCUT2D eigenvalue weighted by molar-refractivity contribution is 5.71. The second kappa shape index (κ2) is 70.9. The quantitative estimate of drug-likeness (QED) is 0.0211. The molecule has 0 heterocycles. The molecule has 0 amide bonds. The minimum Gasteiger partial charge on any atom is -0.477 e. The van der Waals surface area contributed by atoms with Gasteiger partial charge in [0.25, 0.3) is 6.29 Å². The first-order valence-electron chi connectivity index (χ1n) is 38.5. The first-order chi connectivity index (χ1) is 43.6. The molecule has 0 aromatic carbocycles. The van der Waals surface area contributed by atoms with Crippen molar-refractivity contribution in [2.75, 3.05) is 47.5 Å². The van der Waals surface area contributed by atoms with Crippen LogP contribution in [0, 0.1) is 0 Å². The summed E-state index contributed by atoms with van der Waals surface area (Å²) in [6.07, 6.45) is 90.9. The molecular weight excluding hydrogens is 1100 g/mol. The average molecular weight is 1250 g/mol. The van der Waals surface area contributed by atoms with E-state index in [2.05, 4.69) is 74.6 Å². The number of unbranched alkanes of at least 4 members (excludes halogenated alkanes) is 47. The van der Waals surface area contributed by atoms with Crippen LogP contribution in [0.5, 0.6) is 0 Å². The van der Waals surface area contributed by atoms with Gasteiger partial charge in [-0.25, -0.2) is 4.79 Å². The normalized spacial score (nSPS) is 13.0. The van der Waals surface area contributed by atoms with E-state index in [4.69, 9.17) is 18.9 Å². The molecule has 0 saturated heterocycles. The van der Waals surface area contributed by atoms with Crippen molar-refractivity contribution >= 4 is 17.9 Å². The maximum absolute atomic E-state index is 13.0. The summed E-state index contributed by atoms with van der Waals surface area (Å²) in [6, 6.07) is 0. The molecule has 0 radical (unpaired) electrons. The lowest BCUT2D eigenvalue weighted by Crippen LogP contribution is -2.40. The number of ether oxygens (including phenoxy) is 4. The molecule has 0 saturated carbocycles. The van der Waals surface area contributed by atoms with E-state index in [1.165, 1.54) is 270 Å². The molecule has 2 atom stereocenters. The number of hydrogen-bond acceptors (Lipinski definition) is 7. The number of rotatable bonds is 72. The van der Waals surface area contributed by atoms with Gasteiger partial charge in [-0.3, -0.25) is 9.59 Å². The zero-order valence-corrected chi connectivity index (χ0v) is 59.6. The lowest BCUT2D eigenvalue weighted by atomic mass is 10.0. The van der Waals surface area contributed by atoms with Gasteiger partial charge < -0.3 is 28.5 Å². The number of nitrogens with zero attached hydrogens (tertiary/aromatic N) is 1. The van der Waals surface area contributed by atoms with Crippen molar-refractivity contribution in [2.45, 2.75) is 386 Å². The molecule has 89 heavy (non-hydrogen) atoms. The highest BCUT2D eigenvalue weighted by Gasteiger charge is 2.25. The van der Waals surface area contributed by atoms with Crippen molar-refractivity contribution in [2.24, 2.45) is 0 Å². The number of allylic oxidation sites excluding steroid dienone is 10. The number of carbonyl (C=O) groups is 3. The summed E-state index contributed by atoms with van der Waals surface area (Å²) in [5.41, 5.74) is 0. The minimum absolute atomic E-state index is 0.181. The van der Waals surface area contributed by atoms with Gasteiger partial charge in [0.05, 0.1) is 34.4 Å². The summed E-state index contributed by atoms with van der Waals surface area (Å²) in [5.74, 6) is -1.99. The molecule has 2 unspecified atom stereocenters. The van der Waals surface area contributed by atoms with Crippen molar-refractivity contribution in [3.05, 3.63) is 60.8 Å². The van der Waals surface area contributed by atoms with Crippen molar-refractivity contribution in [1.82, 2.24) is 0 Å². The van der Waals surface area contributed by atoms with E-state index in [0.717, 1.165) is 77.0 Å². The highest BCUT2D eigenvalue weighted by Crippen LogP contribution is 2.19. The van der Waals surface area contributed by atoms with Crippen LogP contribution < -0.4 is 0 Å². The van der Waals surface area contributed by atoms with Gasteiger partial charge in [-0.2, -0.15) is 0 Å². The van der Waals surface area contributed by atoms with Crippen molar-refractivity contribution in [3.63, 3.8) is 0 Å². The summed E-state index contributed by atoms with van der Waals surface area (Å²) in [4.78, 5) is 37.7. The standard InChI is InChI=1S/C80H147NO8/c1-6-8-10-12-14-16-18-20-22-24-26-28-30-32-34-35-36-37-38-39-40-41-42-43-45-46-48-50-52-54-56-58-60-62-64-66-68-70-77(82)87-74-76(75-88-80(79(84)85)86-73-72-81(3,4)5)89-78(83)71-69-67-65-63-61-59-57-55-53-51-49-47-44-33-31-29-27-25-23-21-19-17-15-13-11-9-7-2/h9,11,15,17,21,23,27,29,33,44,76,80H,6-8,10,12-14,16,18-20,22,24-26,28,30-32,34-43,45-75H2,1-5H3/p+1/b11-9-,17-15-,23-21-,29-27-,44-33-. The fourth-order valence-corrected chi connectivity index (χ4v) is 11.5. The van der Waals surface area contributed by atoms with Crippen LogP contribution in [0.2, 0.25) is 0 Å². The second-order valence-corrected chi connectivity index (χ2v) is 27.3. The van der Waals surface area contributed by atoms with E-state index < -0.39 is 24.3 Å². The van der Waals surface area contributed by atoms with Crippen LogP contribution in [-0.4, -0.2) is 87.4 Å². The SMILES string of the molecule is CC/C=C\C/C=C\C/C=C\C/C=C\C/C=C\CCCCCCCCCCCCCC(=O)OC(COC(=O)CCCCCCCCCCCCCCCCCCCCCCCCCCCCCCCCCCCCCCC)COC(OCC[N+](C)(C)C)C(=O)O. The van der Waals surface area contributed by atoms with Crippen molar-refractivity contribution in [1.29, 1.82) is 0 Å². The number of likely N-dealkylation sites (N-methyl/N-ethyl adjacent to an activating group) is 1. The van der Waals surface area contributed by atoms with Gasteiger partial charge in [-0.15, -0.1) is 0 Å². The van der Waals surface area contributed by atoms with Gasteiger partial charge in [0.1, 0.15) is 13.2 Å². The molecule has 1 N–H and O–H groups in total. The summed E-state index contributed by atoms with van der Waals surface area (Å²) in [5, 5.41) is 9.76. The Morgan fingerprint density at radius 2 is 0.640 bits per heavy atom. The van der Waals surface area contributed by atoms with E-state index >= 15 is 0 Å². The van der Waals surface area contributed by atoms with Crippen LogP contribution in [0.15, 0.2) is 60.8 Å². The molecule has 0 aromatic rings. The van der Waals surface area contributed by atoms with Crippen LogP contribution in [0.3, 0.4) is 0 Å². The molecule has 9 nitrogen and oxygen atoms in total. The highest BCUT2D eigenvalue weighted by atomic mass is 16.7. The summed E-state index contributed by atoms with van der Waals surface area (Å²) < 4.78 is 23.0. The number of hydrogen-bond donors (Lipinski definition) is 1. The third kappa shape index (κ3) is 72.3. The number of quaternary nitrogens is 1. The van der Waals surface area contributed by atoms with Crippen molar-refractivity contribution < 1.29 is 42.9 Å². The van der Waals surface area contributed by atoms with E-state index in [1.807, 2.05) is 21.1 Å². The van der Waals surface area contributed by atoms with E-state index in [0.29, 0.717) is 17.4 Å². The maximum atomic E-state index is 13.0. The molecular formula is C80H148NO8+. The Labute approximate surface area is 552 Å². The second-order valence-electron chi connectivity index (χ2n) is 27.3. The smallest absolute Gasteiger partial charge is 0.361 e. The first-order valence-corrected chi connectivity index (χ1v) is 38.5. The number of carbonyl (C=O) groups excluding carboxylic acids is 2. The summed E-state index contributed by atoms with van der Waals surface area (Å²) in [7, 11) is 5.99. The molecule has 0 aliphatic rings. The predicted molar refractivity (Wildman–Crippen MR) is 383 cm³/mol.